The van der Waals surface area contributed by atoms with E-state index in [1.807, 2.05) is 24.7 Å². The molecule has 1 aromatic carbocycles. The van der Waals surface area contributed by atoms with Crippen molar-refractivity contribution in [2.24, 2.45) is 7.05 Å². The Hall–Kier alpha value is -2.51. The van der Waals surface area contributed by atoms with E-state index in [4.69, 9.17) is 4.42 Å². The molecule has 5 nitrogen and oxygen atoms in total. The van der Waals surface area contributed by atoms with Crippen LogP contribution in [0.2, 0.25) is 0 Å². The fraction of sp³-hybridized carbons (Fsp3) is 0.273. The van der Waals surface area contributed by atoms with Crippen LogP contribution < -0.4 is 0 Å². The van der Waals surface area contributed by atoms with E-state index in [0.29, 0.717) is 5.16 Å². The summed E-state index contributed by atoms with van der Waals surface area (Å²) in [4.78, 5) is 9.18. The molecule has 1 N–H and O–H groups in total. The lowest BCUT2D eigenvalue weighted by molar-refractivity contribution is 0.458. The maximum absolute atomic E-state index is 9.46. The summed E-state index contributed by atoms with van der Waals surface area (Å²) >= 11 is 2.82. The van der Waals surface area contributed by atoms with Gasteiger partial charge in [0.15, 0.2) is 10.9 Å². The van der Waals surface area contributed by atoms with Gasteiger partial charge in [0.25, 0.3) is 0 Å². The molecule has 0 spiro atoms. The minimum Gasteiger partial charge on any atom is -0.502 e. The topological polar surface area (TPSA) is 64.1 Å². The zero-order chi connectivity index (χ0) is 20.5. The van der Waals surface area contributed by atoms with Gasteiger partial charge in [-0.3, -0.25) is 0 Å². The number of rotatable bonds is 7. The summed E-state index contributed by atoms with van der Waals surface area (Å²) in [5.41, 5.74) is 5.30. The van der Waals surface area contributed by atoms with Crippen LogP contribution in [-0.4, -0.2) is 19.6 Å². The van der Waals surface area contributed by atoms with Gasteiger partial charge in [-0.25, -0.2) is 9.97 Å². The molecule has 150 valence electrons. The molecule has 3 heterocycles. The van der Waals surface area contributed by atoms with Gasteiger partial charge in [-0.1, -0.05) is 13.0 Å². The van der Waals surface area contributed by atoms with Crippen LogP contribution in [-0.2, 0) is 26.3 Å². The molecule has 0 saturated carbocycles. The van der Waals surface area contributed by atoms with E-state index in [-0.39, 0.29) is 5.09 Å². The molecule has 0 radical (unpaired) electrons. The van der Waals surface area contributed by atoms with Crippen LogP contribution in [0.3, 0.4) is 0 Å². The number of imidazole rings is 1. The zero-order valence-corrected chi connectivity index (χ0v) is 18.4. The number of aromatic nitrogens is 3. The average Bonchev–Trinajstić information content (AvgIpc) is 3.38. The molecular formula is C22H23N3O2S2. The van der Waals surface area contributed by atoms with Crippen molar-refractivity contribution < 1.29 is 9.52 Å². The van der Waals surface area contributed by atoms with E-state index < -0.39 is 0 Å². The number of fused-ring (bicyclic) bond motifs is 1. The van der Waals surface area contributed by atoms with Crippen molar-refractivity contribution in [3.8, 4) is 11.5 Å². The van der Waals surface area contributed by atoms with Gasteiger partial charge in [-0.15, -0.1) is 11.3 Å². The Kier molecular flexibility index (Phi) is 5.52. The van der Waals surface area contributed by atoms with Gasteiger partial charge in [0, 0.05) is 24.0 Å². The van der Waals surface area contributed by atoms with Gasteiger partial charge < -0.3 is 14.1 Å². The molecule has 0 bridgehead atoms. The quantitative estimate of drug-likeness (QED) is 0.288. The second-order valence-electron chi connectivity index (χ2n) is 7.00. The van der Waals surface area contributed by atoms with Crippen molar-refractivity contribution in [1.29, 1.82) is 0 Å². The fourth-order valence-electron chi connectivity index (χ4n) is 3.37. The Labute approximate surface area is 178 Å². The number of aryl methyl sites for hydroxylation is 5. The van der Waals surface area contributed by atoms with Crippen molar-refractivity contribution in [3.05, 3.63) is 63.3 Å². The second-order valence-corrected chi connectivity index (χ2v) is 9.11. The molecule has 0 unspecified atom stereocenters. The van der Waals surface area contributed by atoms with Gasteiger partial charge in [0.2, 0.25) is 0 Å². The van der Waals surface area contributed by atoms with Crippen LogP contribution in [0.4, 0.5) is 0 Å². The molecule has 7 heteroatoms. The standard InChI is InChI=1S/C22H23N3O2S2/c1-5-15-8-16(6-7-17-12-28-13(2)23-17)18-10-21(27-20(18)9-15)19-11-25(4)22(24-19)29-14(3)26/h8-12,26H,3,5-7H2,1-2,4H3. The molecule has 0 aliphatic rings. The van der Waals surface area contributed by atoms with Gasteiger partial charge in [0.1, 0.15) is 16.4 Å². The second kappa shape index (κ2) is 8.08. The summed E-state index contributed by atoms with van der Waals surface area (Å²) in [5.74, 6) is 0.727. The molecule has 29 heavy (non-hydrogen) atoms. The van der Waals surface area contributed by atoms with Gasteiger partial charge in [-0.05, 0) is 67.8 Å². The summed E-state index contributed by atoms with van der Waals surface area (Å²) in [6, 6.07) is 6.46. The number of aliphatic hydroxyl groups is 1. The lowest BCUT2D eigenvalue weighted by Gasteiger charge is -2.05. The van der Waals surface area contributed by atoms with Gasteiger partial charge >= 0.3 is 0 Å². The Morgan fingerprint density at radius 2 is 2.10 bits per heavy atom. The number of nitrogens with zero attached hydrogens (tertiary/aromatic N) is 3. The molecule has 4 aromatic rings. The first-order valence-corrected chi connectivity index (χ1v) is 11.2. The number of aliphatic hydroxyl groups excluding tert-OH is 1. The highest BCUT2D eigenvalue weighted by Crippen LogP contribution is 2.33. The highest BCUT2D eigenvalue weighted by Gasteiger charge is 2.16. The normalized spacial score (nSPS) is 11.4. The van der Waals surface area contributed by atoms with E-state index >= 15 is 0 Å². The Bertz CT molecular complexity index is 1190. The third-order valence-electron chi connectivity index (χ3n) is 4.80. The highest BCUT2D eigenvalue weighted by molar-refractivity contribution is 8.02. The predicted molar refractivity (Wildman–Crippen MR) is 120 cm³/mol. The van der Waals surface area contributed by atoms with Crippen molar-refractivity contribution >= 4 is 34.1 Å². The number of thiazole rings is 1. The lowest BCUT2D eigenvalue weighted by atomic mass is 10.00. The molecule has 3 aromatic heterocycles. The maximum atomic E-state index is 9.46. The zero-order valence-electron chi connectivity index (χ0n) is 16.7. The van der Waals surface area contributed by atoms with E-state index in [9.17, 15) is 5.11 Å². The number of thioether (sulfide) groups is 1. The third kappa shape index (κ3) is 4.26. The SMILES string of the molecule is C=C(O)Sc1nc(-c2cc3c(CCc4csc(C)n4)cc(CC)cc3o2)cn1C. The van der Waals surface area contributed by atoms with Crippen molar-refractivity contribution in [1.82, 2.24) is 14.5 Å². The summed E-state index contributed by atoms with van der Waals surface area (Å²) in [6.07, 6.45) is 4.69. The molecule has 0 saturated heterocycles. The number of benzene rings is 1. The molecule has 4 rings (SSSR count). The van der Waals surface area contributed by atoms with Crippen molar-refractivity contribution in [2.45, 2.75) is 38.3 Å². The predicted octanol–water partition coefficient (Wildman–Crippen LogP) is 6.07. The first-order valence-electron chi connectivity index (χ1n) is 9.48. The molecule has 0 fully saturated rings. The molecule has 0 aliphatic carbocycles. The van der Waals surface area contributed by atoms with Crippen molar-refractivity contribution in [2.75, 3.05) is 0 Å². The molecular weight excluding hydrogens is 402 g/mol. The van der Waals surface area contributed by atoms with Crippen LogP contribution >= 0.6 is 23.1 Å². The summed E-state index contributed by atoms with van der Waals surface area (Å²) in [5, 5.41) is 14.5. The van der Waals surface area contributed by atoms with E-state index in [1.54, 1.807) is 11.3 Å². The minimum absolute atomic E-state index is 0.0157. The van der Waals surface area contributed by atoms with Crippen LogP contribution in [0.1, 0.15) is 28.8 Å². The number of hydrogen-bond donors (Lipinski definition) is 1. The molecule has 0 atom stereocenters. The smallest absolute Gasteiger partial charge is 0.176 e. The van der Waals surface area contributed by atoms with E-state index in [0.717, 1.165) is 64.1 Å². The summed E-state index contributed by atoms with van der Waals surface area (Å²) in [6.45, 7) is 7.72. The summed E-state index contributed by atoms with van der Waals surface area (Å²) in [7, 11) is 1.89. The Balaban J connectivity index is 1.70. The van der Waals surface area contributed by atoms with Crippen LogP contribution in [0.5, 0.6) is 0 Å². The Morgan fingerprint density at radius 1 is 1.28 bits per heavy atom. The largest absolute Gasteiger partial charge is 0.502 e. The van der Waals surface area contributed by atoms with Gasteiger partial charge in [0.05, 0.1) is 10.7 Å². The first-order chi connectivity index (χ1) is 13.9. The molecule has 0 amide bonds. The minimum atomic E-state index is 0.0157. The van der Waals surface area contributed by atoms with E-state index in [1.165, 1.54) is 11.1 Å². The average molecular weight is 426 g/mol. The highest BCUT2D eigenvalue weighted by atomic mass is 32.2. The first kappa shape index (κ1) is 19.8. The van der Waals surface area contributed by atoms with Crippen LogP contribution in [0.15, 0.2) is 51.0 Å². The monoisotopic (exact) mass is 425 g/mol. The number of furan rings is 1. The fourth-order valence-corrected chi connectivity index (χ4v) is 4.56. The van der Waals surface area contributed by atoms with E-state index in [2.05, 4.69) is 47.0 Å². The number of hydrogen-bond acceptors (Lipinski definition) is 6. The van der Waals surface area contributed by atoms with Crippen LogP contribution in [0.25, 0.3) is 22.4 Å². The Morgan fingerprint density at radius 3 is 2.79 bits per heavy atom. The van der Waals surface area contributed by atoms with Crippen molar-refractivity contribution in [3.63, 3.8) is 0 Å². The third-order valence-corrected chi connectivity index (χ3v) is 6.42. The van der Waals surface area contributed by atoms with Gasteiger partial charge in [-0.2, -0.15) is 0 Å². The summed E-state index contributed by atoms with van der Waals surface area (Å²) < 4.78 is 8.04. The maximum Gasteiger partial charge on any atom is 0.176 e. The lowest BCUT2D eigenvalue weighted by Crippen LogP contribution is -1.94. The molecule has 0 aliphatic heterocycles. The van der Waals surface area contributed by atoms with Crippen LogP contribution in [0, 0.1) is 6.92 Å².